The van der Waals surface area contributed by atoms with Crippen molar-refractivity contribution in [1.82, 2.24) is 0 Å². The molecule has 8 heteroatoms. The largest absolute Gasteiger partial charge is 0.484 e. The topological polar surface area (TPSA) is 115 Å². The molecule has 0 aliphatic carbocycles. The van der Waals surface area contributed by atoms with Crippen LogP contribution in [0.3, 0.4) is 0 Å². The Kier molecular flexibility index (Phi) is 6.03. The molecule has 2 aliphatic heterocycles. The number of Topliss-reactive ketones (excluding diaryl/α,β-unsaturated/α-hetero) is 1. The van der Waals surface area contributed by atoms with E-state index in [4.69, 9.17) is 18.9 Å². The third kappa shape index (κ3) is 3.92. The number of aliphatic hydroxyl groups excluding tert-OH is 3. The van der Waals surface area contributed by atoms with Gasteiger partial charge in [-0.3, -0.25) is 4.79 Å². The summed E-state index contributed by atoms with van der Waals surface area (Å²) in [7, 11) is 1.35. The molecular weight excluding hydrogens is 392 g/mol. The van der Waals surface area contributed by atoms with Gasteiger partial charge in [0.1, 0.15) is 42.0 Å². The fourth-order valence-electron chi connectivity index (χ4n) is 3.81. The van der Waals surface area contributed by atoms with Crippen LogP contribution in [-0.4, -0.2) is 65.5 Å². The van der Waals surface area contributed by atoms with Gasteiger partial charge in [-0.05, 0) is 23.8 Å². The molecule has 1 fully saturated rings. The molecule has 0 radical (unpaired) electrons. The van der Waals surface area contributed by atoms with Crippen LogP contribution < -0.4 is 9.47 Å². The highest BCUT2D eigenvalue weighted by atomic mass is 16.7. The van der Waals surface area contributed by atoms with Crippen LogP contribution in [0.2, 0.25) is 0 Å². The summed E-state index contributed by atoms with van der Waals surface area (Å²) in [5.74, 6) is 0.631. The summed E-state index contributed by atoms with van der Waals surface area (Å²) in [6, 6.07) is 14.3. The second-order valence-corrected chi connectivity index (χ2v) is 7.33. The maximum atomic E-state index is 12.7. The molecule has 0 saturated carbocycles. The van der Waals surface area contributed by atoms with E-state index >= 15 is 0 Å². The number of ketones is 1. The Balaban J connectivity index is 1.51. The number of hydrogen-bond acceptors (Lipinski definition) is 8. The molecular formula is C22H24O8. The van der Waals surface area contributed by atoms with Crippen molar-refractivity contribution in [2.24, 2.45) is 0 Å². The van der Waals surface area contributed by atoms with Gasteiger partial charge < -0.3 is 34.3 Å². The van der Waals surface area contributed by atoms with Crippen molar-refractivity contribution in [3.05, 3.63) is 59.7 Å². The Morgan fingerprint density at radius 3 is 2.57 bits per heavy atom. The summed E-state index contributed by atoms with van der Waals surface area (Å²) >= 11 is 0. The zero-order valence-electron chi connectivity index (χ0n) is 16.4. The molecule has 160 valence electrons. The van der Waals surface area contributed by atoms with E-state index in [0.717, 1.165) is 5.56 Å². The van der Waals surface area contributed by atoms with E-state index in [2.05, 4.69) is 0 Å². The van der Waals surface area contributed by atoms with Gasteiger partial charge in [-0.15, -0.1) is 0 Å². The van der Waals surface area contributed by atoms with Crippen LogP contribution in [0.1, 0.15) is 28.4 Å². The molecule has 2 heterocycles. The lowest BCUT2D eigenvalue weighted by Crippen LogP contribution is -2.60. The van der Waals surface area contributed by atoms with Gasteiger partial charge in [0.25, 0.3) is 0 Å². The summed E-state index contributed by atoms with van der Waals surface area (Å²) in [6.07, 6.45) is -5.86. The summed E-state index contributed by atoms with van der Waals surface area (Å²) < 4.78 is 22.3. The quantitative estimate of drug-likeness (QED) is 0.667. The van der Waals surface area contributed by atoms with Crippen LogP contribution in [0.5, 0.6) is 11.5 Å². The second-order valence-electron chi connectivity index (χ2n) is 7.33. The molecule has 0 bridgehead atoms. The summed E-state index contributed by atoms with van der Waals surface area (Å²) in [5, 5.41) is 30.0. The number of carbonyl (C=O) groups excluding carboxylic acids is 1. The standard InChI is InChI=1S/C22H24O8/c1-27-21-18(11-23)30-22(20(26)19(21)25)28-13-7-8-16-14(9-13)15(24)10-17(29-16)12-5-3-2-4-6-12/h2-9,17-23,25-26H,10-11H2,1H3/t17-,18+,19+,20+,21+,22+/m0/s1. The highest BCUT2D eigenvalue weighted by molar-refractivity contribution is 6.00. The Bertz CT molecular complexity index is 884. The second kappa shape index (κ2) is 8.71. The maximum Gasteiger partial charge on any atom is 0.229 e. The van der Waals surface area contributed by atoms with Crippen LogP contribution in [-0.2, 0) is 9.47 Å². The van der Waals surface area contributed by atoms with Crippen molar-refractivity contribution >= 4 is 5.78 Å². The number of carbonyl (C=O) groups is 1. The van der Waals surface area contributed by atoms with Gasteiger partial charge in [-0.25, -0.2) is 0 Å². The lowest BCUT2D eigenvalue weighted by Gasteiger charge is -2.41. The molecule has 0 amide bonds. The first-order chi connectivity index (χ1) is 14.5. The number of ether oxygens (including phenoxy) is 4. The van der Waals surface area contributed by atoms with E-state index in [1.165, 1.54) is 13.2 Å². The van der Waals surface area contributed by atoms with Gasteiger partial charge in [-0.1, -0.05) is 30.3 Å². The minimum Gasteiger partial charge on any atom is -0.484 e. The van der Waals surface area contributed by atoms with Crippen molar-refractivity contribution in [2.45, 2.75) is 43.2 Å². The Morgan fingerprint density at radius 1 is 1.10 bits per heavy atom. The number of aliphatic hydroxyl groups is 3. The first kappa shape index (κ1) is 20.8. The Labute approximate surface area is 173 Å². The van der Waals surface area contributed by atoms with Gasteiger partial charge in [0.05, 0.1) is 18.6 Å². The predicted octanol–water partition coefficient (Wildman–Crippen LogP) is 1.23. The lowest BCUT2D eigenvalue weighted by molar-refractivity contribution is -0.281. The zero-order valence-corrected chi connectivity index (χ0v) is 16.4. The van der Waals surface area contributed by atoms with E-state index in [1.807, 2.05) is 30.3 Å². The Morgan fingerprint density at radius 2 is 1.87 bits per heavy atom. The molecule has 0 spiro atoms. The lowest BCUT2D eigenvalue weighted by atomic mass is 9.96. The molecule has 2 aromatic carbocycles. The molecule has 30 heavy (non-hydrogen) atoms. The summed E-state index contributed by atoms with van der Waals surface area (Å²) in [5.41, 5.74) is 1.30. The van der Waals surface area contributed by atoms with Crippen LogP contribution in [0.25, 0.3) is 0 Å². The average molecular weight is 416 g/mol. The molecule has 8 nitrogen and oxygen atoms in total. The highest BCUT2D eigenvalue weighted by Gasteiger charge is 2.46. The van der Waals surface area contributed by atoms with Gasteiger partial charge in [0.2, 0.25) is 6.29 Å². The molecule has 0 aromatic heterocycles. The first-order valence-electron chi connectivity index (χ1n) is 9.72. The fraction of sp³-hybridized carbons (Fsp3) is 0.409. The molecule has 3 N–H and O–H groups in total. The van der Waals surface area contributed by atoms with Crippen molar-refractivity contribution in [1.29, 1.82) is 0 Å². The smallest absolute Gasteiger partial charge is 0.229 e. The number of fused-ring (bicyclic) bond motifs is 1. The van der Waals surface area contributed by atoms with Gasteiger partial charge in [0.15, 0.2) is 5.78 Å². The number of hydrogen-bond donors (Lipinski definition) is 3. The third-order valence-corrected chi connectivity index (χ3v) is 5.41. The van der Waals surface area contributed by atoms with Crippen molar-refractivity contribution in [3.8, 4) is 11.5 Å². The molecule has 2 aliphatic rings. The molecule has 2 aromatic rings. The van der Waals surface area contributed by atoms with Crippen LogP contribution >= 0.6 is 0 Å². The summed E-state index contributed by atoms with van der Waals surface area (Å²) in [4.78, 5) is 12.7. The zero-order chi connectivity index (χ0) is 21.3. The van der Waals surface area contributed by atoms with Gasteiger partial charge >= 0.3 is 0 Å². The number of methoxy groups -OCH3 is 1. The maximum absolute atomic E-state index is 12.7. The molecule has 1 saturated heterocycles. The van der Waals surface area contributed by atoms with E-state index in [-0.39, 0.29) is 24.1 Å². The van der Waals surface area contributed by atoms with Crippen molar-refractivity contribution in [2.75, 3.05) is 13.7 Å². The minimum atomic E-state index is -1.40. The number of rotatable bonds is 5. The molecule has 0 unspecified atom stereocenters. The van der Waals surface area contributed by atoms with E-state index in [9.17, 15) is 20.1 Å². The highest BCUT2D eigenvalue weighted by Crippen LogP contribution is 2.37. The minimum absolute atomic E-state index is 0.0895. The van der Waals surface area contributed by atoms with Gasteiger partial charge in [0, 0.05) is 7.11 Å². The Hall–Kier alpha value is -2.49. The average Bonchev–Trinajstić information content (AvgIpc) is 2.77. The molecule has 4 rings (SSSR count). The van der Waals surface area contributed by atoms with E-state index in [1.54, 1.807) is 12.1 Å². The van der Waals surface area contributed by atoms with E-state index < -0.39 is 37.3 Å². The first-order valence-corrected chi connectivity index (χ1v) is 9.72. The van der Waals surface area contributed by atoms with Crippen LogP contribution in [0.15, 0.2) is 48.5 Å². The van der Waals surface area contributed by atoms with Crippen LogP contribution in [0.4, 0.5) is 0 Å². The van der Waals surface area contributed by atoms with Crippen LogP contribution in [0, 0.1) is 0 Å². The number of benzene rings is 2. The normalized spacial score (nSPS) is 31.0. The monoisotopic (exact) mass is 416 g/mol. The summed E-state index contributed by atoms with van der Waals surface area (Å²) in [6.45, 7) is -0.417. The third-order valence-electron chi connectivity index (χ3n) is 5.41. The van der Waals surface area contributed by atoms with Crippen molar-refractivity contribution < 1.29 is 39.1 Å². The van der Waals surface area contributed by atoms with Gasteiger partial charge in [-0.2, -0.15) is 0 Å². The fourth-order valence-corrected chi connectivity index (χ4v) is 3.81. The predicted molar refractivity (Wildman–Crippen MR) is 104 cm³/mol. The molecule has 6 atom stereocenters. The SMILES string of the molecule is CO[C@H]1[C@H](O)[C@@H](O)[C@H](Oc2ccc3c(c2)C(=O)C[C@@H](c2ccccc2)O3)O[C@@H]1CO. The van der Waals surface area contributed by atoms with Crippen molar-refractivity contribution in [3.63, 3.8) is 0 Å². The van der Waals surface area contributed by atoms with E-state index in [0.29, 0.717) is 11.3 Å².